The molecule has 2 aromatic carbocycles. The van der Waals surface area contributed by atoms with Crippen molar-refractivity contribution in [1.82, 2.24) is 4.90 Å². The Hall–Kier alpha value is -3.11. The second-order valence-electron chi connectivity index (χ2n) is 7.35. The van der Waals surface area contributed by atoms with E-state index < -0.39 is 15.9 Å². The molecule has 0 aliphatic carbocycles. The zero-order valence-corrected chi connectivity index (χ0v) is 18.7. The van der Waals surface area contributed by atoms with Crippen LogP contribution in [0.1, 0.15) is 36.5 Å². The van der Waals surface area contributed by atoms with Crippen LogP contribution in [0.4, 0.5) is 5.69 Å². The van der Waals surface area contributed by atoms with Crippen LogP contribution in [0.3, 0.4) is 0 Å². The van der Waals surface area contributed by atoms with Gasteiger partial charge in [0, 0.05) is 24.3 Å². The van der Waals surface area contributed by atoms with Gasteiger partial charge >= 0.3 is 0 Å². The quantitative estimate of drug-likeness (QED) is 0.621. The standard InChI is InChI=1S/C22H27N3O6S/c1-2-30-20-14-16(22(27)24-17-7-9-18(10-8-17)32(23,28)29)6-11-19(20)31-15-21(26)25-12-4-3-5-13-25/h6-11,14H,2-5,12-13,15H2,1H3,(H,24,27)(H2,23,28,29). The number of rotatable bonds is 8. The van der Waals surface area contributed by atoms with E-state index in [-0.39, 0.29) is 17.4 Å². The molecule has 172 valence electrons. The number of nitrogens with two attached hydrogens (primary N) is 1. The highest BCUT2D eigenvalue weighted by Gasteiger charge is 2.18. The Balaban J connectivity index is 1.67. The first-order chi connectivity index (χ1) is 15.3. The van der Waals surface area contributed by atoms with Crippen LogP contribution < -0.4 is 19.9 Å². The smallest absolute Gasteiger partial charge is 0.260 e. The third-order valence-corrected chi connectivity index (χ3v) is 5.94. The number of benzene rings is 2. The molecular formula is C22H27N3O6S. The maximum absolute atomic E-state index is 12.6. The Morgan fingerprint density at radius 2 is 1.69 bits per heavy atom. The van der Waals surface area contributed by atoms with Crippen molar-refractivity contribution in [2.45, 2.75) is 31.1 Å². The number of hydrogen-bond acceptors (Lipinski definition) is 6. The molecule has 2 amide bonds. The monoisotopic (exact) mass is 461 g/mol. The number of anilines is 1. The maximum atomic E-state index is 12.6. The number of primary sulfonamides is 1. The first-order valence-corrected chi connectivity index (χ1v) is 11.9. The first kappa shape index (κ1) is 23.6. The summed E-state index contributed by atoms with van der Waals surface area (Å²) >= 11 is 0. The van der Waals surface area contributed by atoms with E-state index in [0.717, 1.165) is 32.4 Å². The summed E-state index contributed by atoms with van der Waals surface area (Å²) in [6.45, 7) is 3.57. The molecule has 1 fully saturated rings. The number of piperidine rings is 1. The lowest BCUT2D eigenvalue weighted by Gasteiger charge is -2.26. The highest BCUT2D eigenvalue weighted by molar-refractivity contribution is 7.89. The molecular weight excluding hydrogens is 434 g/mol. The van der Waals surface area contributed by atoms with Crippen LogP contribution in [0, 0.1) is 0 Å². The minimum absolute atomic E-state index is 0.0465. The Bertz CT molecular complexity index is 1060. The predicted molar refractivity (Wildman–Crippen MR) is 119 cm³/mol. The van der Waals surface area contributed by atoms with Crippen molar-refractivity contribution in [2.75, 3.05) is 31.6 Å². The van der Waals surface area contributed by atoms with Crippen LogP contribution in [0.2, 0.25) is 0 Å². The first-order valence-electron chi connectivity index (χ1n) is 10.4. The second-order valence-corrected chi connectivity index (χ2v) is 8.91. The molecule has 0 aromatic heterocycles. The Morgan fingerprint density at radius 3 is 2.31 bits per heavy atom. The van der Waals surface area contributed by atoms with E-state index in [1.165, 1.54) is 30.3 Å². The minimum Gasteiger partial charge on any atom is -0.490 e. The number of likely N-dealkylation sites (tertiary alicyclic amines) is 1. The number of carbonyl (C=O) groups excluding carboxylic acids is 2. The Kier molecular flexibility index (Phi) is 7.70. The zero-order chi connectivity index (χ0) is 23.1. The van der Waals surface area contributed by atoms with Crippen molar-refractivity contribution in [3.05, 3.63) is 48.0 Å². The van der Waals surface area contributed by atoms with E-state index in [2.05, 4.69) is 5.32 Å². The van der Waals surface area contributed by atoms with Gasteiger partial charge in [-0.15, -0.1) is 0 Å². The van der Waals surface area contributed by atoms with Crippen LogP contribution in [0.15, 0.2) is 47.4 Å². The summed E-state index contributed by atoms with van der Waals surface area (Å²) in [4.78, 5) is 26.7. The van der Waals surface area contributed by atoms with Gasteiger partial charge in [0.05, 0.1) is 11.5 Å². The Morgan fingerprint density at radius 1 is 1.00 bits per heavy atom. The van der Waals surface area contributed by atoms with Gasteiger partial charge < -0.3 is 19.7 Å². The molecule has 0 atom stereocenters. The van der Waals surface area contributed by atoms with Gasteiger partial charge in [0.15, 0.2) is 18.1 Å². The van der Waals surface area contributed by atoms with Gasteiger partial charge in [-0.05, 0) is 68.7 Å². The molecule has 1 heterocycles. The van der Waals surface area contributed by atoms with Gasteiger partial charge in [-0.2, -0.15) is 0 Å². The molecule has 0 spiro atoms. The van der Waals surface area contributed by atoms with Gasteiger partial charge in [-0.1, -0.05) is 0 Å². The van der Waals surface area contributed by atoms with Crippen molar-refractivity contribution in [3.8, 4) is 11.5 Å². The lowest BCUT2D eigenvalue weighted by atomic mass is 10.1. The molecule has 2 aromatic rings. The summed E-state index contributed by atoms with van der Waals surface area (Å²) in [5, 5.41) is 7.77. The lowest BCUT2D eigenvalue weighted by Crippen LogP contribution is -2.38. The molecule has 0 radical (unpaired) electrons. The summed E-state index contributed by atoms with van der Waals surface area (Å²) in [5.74, 6) is 0.254. The normalized spacial score (nSPS) is 14.0. The fourth-order valence-electron chi connectivity index (χ4n) is 3.34. The number of carbonyl (C=O) groups is 2. The SMILES string of the molecule is CCOc1cc(C(=O)Nc2ccc(S(N)(=O)=O)cc2)ccc1OCC(=O)N1CCCCC1. The van der Waals surface area contributed by atoms with Crippen LogP contribution in [-0.4, -0.2) is 51.4 Å². The summed E-state index contributed by atoms with van der Waals surface area (Å²) < 4.78 is 34.0. The minimum atomic E-state index is -3.81. The fraction of sp³-hybridized carbons (Fsp3) is 0.364. The molecule has 3 rings (SSSR count). The van der Waals surface area contributed by atoms with Gasteiger partial charge in [0.2, 0.25) is 10.0 Å². The van der Waals surface area contributed by atoms with E-state index in [1.807, 2.05) is 6.92 Å². The third-order valence-electron chi connectivity index (χ3n) is 5.01. The molecule has 0 saturated carbocycles. The molecule has 0 unspecified atom stereocenters. The highest BCUT2D eigenvalue weighted by atomic mass is 32.2. The predicted octanol–water partition coefficient (Wildman–Crippen LogP) is 2.38. The van der Waals surface area contributed by atoms with Crippen LogP contribution in [0.25, 0.3) is 0 Å². The van der Waals surface area contributed by atoms with Crippen molar-refractivity contribution >= 4 is 27.5 Å². The maximum Gasteiger partial charge on any atom is 0.260 e. The Labute approximate surface area is 187 Å². The molecule has 32 heavy (non-hydrogen) atoms. The number of ether oxygens (including phenoxy) is 2. The van der Waals surface area contributed by atoms with Gasteiger partial charge in [-0.25, -0.2) is 13.6 Å². The number of amides is 2. The lowest BCUT2D eigenvalue weighted by molar-refractivity contribution is -0.134. The molecule has 3 N–H and O–H groups in total. The average molecular weight is 462 g/mol. The van der Waals surface area contributed by atoms with E-state index >= 15 is 0 Å². The van der Waals surface area contributed by atoms with E-state index in [0.29, 0.717) is 29.4 Å². The van der Waals surface area contributed by atoms with Crippen molar-refractivity contribution in [2.24, 2.45) is 5.14 Å². The van der Waals surface area contributed by atoms with Crippen molar-refractivity contribution in [1.29, 1.82) is 0 Å². The summed E-state index contributed by atoms with van der Waals surface area (Å²) in [7, 11) is -3.81. The van der Waals surface area contributed by atoms with E-state index in [4.69, 9.17) is 14.6 Å². The van der Waals surface area contributed by atoms with Crippen LogP contribution >= 0.6 is 0 Å². The van der Waals surface area contributed by atoms with Gasteiger partial charge in [-0.3, -0.25) is 9.59 Å². The van der Waals surface area contributed by atoms with Crippen LogP contribution in [0.5, 0.6) is 11.5 Å². The second kappa shape index (κ2) is 10.5. The highest BCUT2D eigenvalue weighted by Crippen LogP contribution is 2.29. The molecule has 9 nitrogen and oxygen atoms in total. The third kappa shape index (κ3) is 6.21. The number of nitrogens with zero attached hydrogens (tertiary/aromatic N) is 1. The summed E-state index contributed by atoms with van der Waals surface area (Å²) in [5.41, 5.74) is 0.728. The van der Waals surface area contributed by atoms with E-state index in [9.17, 15) is 18.0 Å². The molecule has 0 bridgehead atoms. The number of nitrogens with one attached hydrogen (secondary N) is 1. The molecule has 1 saturated heterocycles. The summed E-state index contributed by atoms with van der Waals surface area (Å²) in [6.07, 6.45) is 3.15. The molecule has 1 aliphatic heterocycles. The van der Waals surface area contributed by atoms with Crippen LogP contribution in [-0.2, 0) is 14.8 Å². The molecule has 1 aliphatic rings. The fourth-order valence-corrected chi connectivity index (χ4v) is 3.86. The van der Waals surface area contributed by atoms with Gasteiger partial charge in [0.25, 0.3) is 11.8 Å². The van der Waals surface area contributed by atoms with Crippen molar-refractivity contribution < 1.29 is 27.5 Å². The van der Waals surface area contributed by atoms with E-state index in [1.54, 1.807) is 17.0 Å². The number of sulfonamides is 1. The van der Waals surface area contributed by atoms with Crippen molar-refractivity contribution in [3.63, 3.8) is 0 Å². The number of hydrogen-bond donors (Lipinski definition) is 2. The largest absolute Gasteiger partial charge is 0.490 e. The zero-order valence-electron chi connectivity index (χ0n) is 17.9. The average Bonchev–Trinajstić information content (AvgIpc) is 2.78. The topological polar surface area (TPSA) is 128 Å². The van der Waals surface area contributed by atoms with Gasteiger partial charge in [0.1, 0.15) is 0 Å². The molecule has 10 heteroatoms. The summed E-state index contributed by atoms with van der Waals surface area (Å²) in [6, 6.07) is 10.2.